The molecule has 0 spiro atoms. The first kappa shape index (κ1) is 29.1. The molecule has 4 aromatic rings. The Hall–Kier alpha value is -3.61. The Balaban J connectivity index is 1.08. The second kappa shape index (κ2) is 11.1. The Morgan fingerprint density at radius 3 is 2.36 bits per heavy atom. The van der Waals surface area contributed by atoms with Crippen LogP contribution in [0.25, 0.3) is 22.7 Å². The number of hydrogen-bond acceptors (Lipinski definition) is 8. The van der Waals surface area contributed by atoms with Crippen LogP contribution in [0.2, 0.25) is 10.0 Å². The highest BCUT2D eigenvalue weighted by atomic mass is 35.5. The number of ether oxygens (including phenoxy) is 1. The van der Waals surface area contributed by atoms with Crippen LogP contribution in [0.15, 0.2) is 45.4 Å². The summed E-state index contributed by atoms with van der Waals surface area (Å²) in [6, 6.07) is 8.24. The van der Waals surface area contributed by atoms with Crippen LogP contribution in [-0.4, -0.2) is 44.6 Å². The molecular formula is C30H25Cl2F3N4O5. The Morgan fingerprint density at radius 1 is 1.02 bits per heavy atom. The van der Waals surface area contributed by atoms with Crippen LogP contribution in [0.1, 0.15) is 71.7 Å². The molecule has 9 nitrogen and oxygen atoms in total. The summed E-state index contributed by atoms with van der Waals surface area (Å²) >= 11 is 13.0. The van der Waals surface area contributed by atoms with Gasteiger partial charge in [0.2, 0.25) is 0 Å². The second-order valence-electron chi connectivity index (χ2n) is 11.4. The van der Waals surface area contributed by atoms with Crippen molar-refractivity contribution in [1.82, 2.24) is 15.3 Å². The molecule has 44 heavy (non-hydrogen) atoms. The van der Waals surface area contributed by atoms with Gasteiger partial charge >= 0.3 is 12.1 Å². The molecule has 3 atom stereocenters. The Kier molecular flexibility index (Phi) is 7.33. The number of aromatic carboxylic acids is 1. The smallest absolute Gasteiger partial charge is 0.417 e. The first-order valence-electron chi connectivity index (χ1n) is 14.2. The number of rotatable bonds is 8. The third-order valence-corrected chi connectivity index (χ3v) is 9.20. The standard InChI is InChI=1S/C30H25Cl2F3N4O5/c31-22-2-1-3-23(32)24(22)25-20(26(43-37-25)14-4-5-14)13-42-18-11-16-7-8-17(12-18)39(16)29-36-27(44-38-29)15-6-9-19(28(40)41)21(10-15)30(33,34)35/h1-3,6,9-10,14,16-18H,4-5,7-8,11-13H2,(H,40,41)/t16-,17+,18+. The largest absolute Gasteiger partial charge is 0.478 e. The Bertz CT molecular complexity index is 1700. The molecule has 1 N–H and O–H groups in total. The summed E-state index contributed by atoms with van der Waals surface area (Å²) in [5.41, 5.74) is -0.0785. The van der Waals surface area contributed by atoms with Gasteiger partial charge in [-0.25, -0.2) is 4.79 Å². The molecule has 2 aromatic heterocycles. The number of piperidine rings is 1. The van der Waals surface area contributed by atoms with Crippen molar-refractivity contribution in [3.05, 3.63) is 68.9 Å². The fraction of sp³-hybridized carbons (Fsp3) is 0.400. The number of fused-ring (bicyclic) bond motifs is 2. The molecule has 0 amide bonds. The summed E-state index contributed by atoms with van der Waals surface area (Å²) in [4.78, 5) is 17.8. The monoisotopic (exact) mass is 648 g/mol. The van der Waals surface area contributed by atoms with E-state index in [4.69, 9.17) is 37.0 Å². The number of hydrogen-bond donors (Lipinski definition) is 1. The summed E-state index contributed by atoms with van der Waals surface area (Å²) in [5, 5.41) is 18.6. The van der Waals surface area contributed by atoms with Crippen molar-refractivity contribution in [1.29, 1.82) is 0 Å². The van der Waals surface area contributed by atoms with Gasteiger partial charge in [-0.2, -0.15) is 18.2 Å². The first-order chi connectivity index (χ1) is 21.1. The molecule has 3 aliphatic rings. The number of benzene rings is 2. The summed E-state index contributed by atoms with van der Waals surface area (Å²) in [7, 11) is 0. The molecule has 0 radical (unpaired) electrons. The molecule has 1 saturated carbocycles. The number of carbonyl (C=O) groups is 1. The van der Waals surface area contributed by atoms with Crippen molar-refractivity contribution < 1.29 is 36.9 Å². The van der Waals surface area contributed by atoms with Crippen molar-refractivity contribution in [2.24, 2.45) is 0 Å². The lowest BCUT2D eigenvalue weighted by molar-refractivity contribution is -0.138. The van der Waals surface area contributed by atoms with Crippen LogP contribution in [0.4, 0.5) is 19.1 Å². The van der Waals surface area contributed by atoms with Crippen molar-refractivity contribution in [2.75, 3.05) is 4.90 Å². The lowest BCUT2D eigenvalue weighted by Crippen LogP contribution is -2.46. The normalized spacial score (nSPS) is 21.7. The number of carboxylic acid groups (broad SMARTS) is 1. The average molecular weight is 649 g/mol. The molecule has 14 heteroatoms. The molecule has 230 valence electrons. The van der Waals surface area contributed by atoms with Crippen molar-refractivity contribution in [3.63, 3.8) is 0 Å². The SMILES string of the molecule is O=C(O)c1ccc(-c2nc(N3[C@@H]4CC[C@H]3C[C@@H](OCc3c(-c5c(Cl)cccc5Cl)noc3C3CC3)C4)no2)cc1C(F)(F)F. The molecule has 2 aliphatic heterocycles. The van der Waals surface area contributed by atoms with E-state index in [1.165, 1.54) is 6.07 Å². The quantitative estimate of drug-likeness (QED) is 0.203. The topological polar surface area (TPSA) is 115 Å². The zero-order valence-corrected chi connectivity index (χ0v) is 24.5. The number of halogens is 5. The number of carboxylic acids is 1. The number of anilines is 1. The lowest BCUT2D eigenvalue weighted by atomic mass is 9.99. The van der Waals surface area contributed by atoms with E-state index in [-0.39, 0.29) is 42.2 Å². The van der Waals surface area contributed by atoms with E-state index in [0.29, 0.717) is 40.1 Å². The van der Waals surface area contributed by atoms with Gasteiger partial charge in [0.05, 0.1) is 33.9 Å². The van der Waals surface area contributed by atoms with E-state index in [1.807, 2.05) is 4.90 Å². The van der Waals surface area contributed by atoms with E-state index in [9.17, 15) is 23.1 Å². The van der Waals surface area contributed by atoms with Crippen LogP contribution in [0, 0.1) is 0 Å². The molecule has 7 rings (SSSR count). The van der Waals surface area contributed by atoms with Crippen molar-refractivity contribution in [3.8, 4) is 22.7 Å². The van der Waals surface area contributed by atoms with E-state index in [1.54, 1.807) is 18.2 Å². The highest BCUT2D eigenvalue weighted by Gasteiger charge is 2.44. The Labute approximate surface area is 258 Å². The summed E-state index contributed by atoms with van der Waals surface area (Å²) in [6.45, 7) is 0.288. The maximum absolute atomic E-state index is 13.5. The van der Waals surface area contributed by atoms with Gasteiger partial charge < -0.3 is 23.8 Å². The van der Waals surface area contributed by atoms with E-state index >= 15 is 0 Å². The van der Waals surface area contributed by atoms with E-state index in [0.717, 1.165) is 49.1 Å². The lowest BCUT2D eigenvalue weighted by Gasteiger charge is -2.37. The first-order valence-corrected chi connectivity index (χ1v) is 15.0. The van der Waals surface area contributed by atoms with Crippen LogP contribution < -0.4 is 4.90 Å². The van der Waals surface area contributed by atoms with Crippen LogP contribution >= 0.6 is 23.2 Å². The van der Waals surface area contributed by atoms with Crippen LogP contribution in [0.5, 0.6) is 0 Å². The van der Waals surface area contributed by atoms with Gasteiger partial charge in [0, 0.05) is 34.7 Å². The highest BCUT2D eigenvalue weighted by molar-refractivity contribution is 6.39. The number of aromatic nitrogens is 3. The van der Waals surface area contributed by atoms with Gasteiger partial charge in [0.25, 0.3) is 11.8 Å². The van der Waals surface area contributed by atoms with E-state index < -0.39 is 23.3 Å². The zero-order chi connectivity index (χ0) is 30.7. The predicted octanol–water partition coefficient (Wildman–Crippen LogP) is 8.01. The maximum Gasteiger partial charge on any atom is 0.417 e. The summed E-state index contributed by atoms with van der Waals surface area (Å²) in [5.74, 6) is -0.401. The number of nitrogens with zero attached hydrogens (tertiary/aromatic N) is 4. The zero-order valence-electron chi connectivity index (χ0n) is 23.0. The molecule has 2 saturated heterocycles. The van der Waals surface area contributed by atoms with Gasteiger partial charge in [0.1, 0.15) is 11.5 Å². The third kappa shape index (κ3) is 5.33. The molecular weight excluding hydrogens is 624 g/mol. The van der Waals surface area contributed by atoms with Gasteiger partial charge in [0.15, 0.2) is 0 Å². The predicted molar refractivity (Wildman–Crippen MR) is 153 cm³/mol. The summed E-state index contributed by atoms with van der Waals surface area (Å²) < 4.78 is 58.2. The van der Waals surface area contributed by atoms with Gasteiger partial charge in [-0.15, -0.1) is 0 Å². The molecule has 2 bridgehead atoms. The average Bonchev–Trinajstić information content (AvgIpc) is 3.45. The molecule has 4 heterocycles. The molecule has 2 aromatic carbocycles. The Morgan fingerprint density at radius 2 is 1.73 bits per heavy atom. The van der Waals surface area contributed by atoms with Crippen molar-refractivity contribution in [2.45, 2.75) is 75.4 Å². The second-order valence-corrected chi connectivity index (χ2v) is 12.2. The van der Waals surface area contributed by atoms with Crippen LogP contribution in [-0.2, 0) is 17.5 Å². The highest BCUT2D eigenvalue weighted by Crippen LogP contribution is 2.47. The summed E-state index contributed by atoms with van der Waals surface area (Å²) in [6.07, 6.45) is 0.255. The minimum atomic E-state index is -4.86. The third-order valence-electron chi connectivity index (χ3n) is 8.57. The molecule has 1 aliphatic carbocycles. The minimum absolute atomic E-state index is 0.0127. The number of alkyl halides is 3. The molecule has 3 fully saturated rings. The van der Waals surface area contributed by atoms with E-state index in [2.05, 4.69) is 15.3 Å². The minimum Gasteiger partial charge on any atom is -0.478 e. The van der Waals surface area contributed by atoms with Gasteiger partial charge in [-0.05, 0) is 74.0 Å². The van der Waals surface area contributed by atoms with Crippen molar-refractivity contribution >= 4 is 35.1 Å². The molecule has 0 unspecified atom stereocenters. The maximum atomic E-state index is 13.5. The van der Waals surface area contributed by atoms with Crippen LogP contribution in [0.3, 0.4) is 0 Å². The van der Waals surface area contributed by atoms with Gasteiger partial charge in [-0.1, -0.05) is 34.4 Å². The fourth-order valence-corrected chi connectivity index (χ4v) is 6.95. The van der Waals surface area contributed by atoms with Gasteiger partial charge in [-0.3, -0.25) is 0 Å². The fourth-order valence-electron chi connectivity index (χ4n) is 6.38.